The molecule has 0 aromatic carbocycles. The van der Waals surface area contributed by atoms with Crippen molar-refractivity contribution >= 4 is 18.0 Å². The van der Waals surface area contributed by atoms with E-state index in [0.29, 0.717) is 26.0 Å². The van der Waals surface area contributed by atoms with Crippen molar-refractivity contribution in [3.63, 3.8) is 0 Å². The normalized spacial score (nSPS) is 18.5. The maximum absolute atomic E-state index is 11.1. The third kappa shape index (κ3) is 4.68. The van der Waals surface area contributed by atoms with Gasteiger partial charge in [0.1, 0.15) is 6.04 Å². The molecule has 0 aromatic heterocycles. The fourth-order valence-corrected chi connectivity index (χ4v) is 1.36. The van der Waals surface area contributed by atoms with Crippen molar-refractivity contribution in [3.8, 4) is 0 Å². The lowest BCUT2D eigenvalue weighted by atomic mass is 10.1. The van der Waals surface area contributed by atoms with Crippen LogP contribution in [0.25, 0.3) is 0 Å². The van der Waals surface area contributed by atoms with Crippen molar-refractivity contribution in [1.29, 1.82) is 0 Å². The SMILES string of the molecule is CCOC(=O)NNCCCC1NC(=O)NC1=O. The van der Waals surface area contributed by atoms with E-state index in [1.807, 2.05) is 0 Å². The van der Waals surface area contributed by atoms with Crippen LogP contribution in [0.5, 0.6) is 0 Å². The van der Waals surface area contributed by atoms with Crippen LogP contribution in [0.1, 0.15) is 19.8 Å². The maximum atomic E-state index is 11.1. The van der Waals surface area contributed by atoms with Gasteiger partial charge >= 0.3 is 12.1 Å². The fourth-order valence-electron chi connectivity index (χ4n) is 1.36. The molecule has 17 heavy (non-hydrogen) atoms. The summed E-state index contributed by atoms with van der Waals surface area (Å²) in [4.78, 5) is 32.8. The van der Waals surface area contributed by atoms with Gasteiger partial charge in [0.2, 0.25) is 0 Å². The first-order chi connectivity index (χ1) is 8.13. The molecule has 1 atom stereocenters. The molecule has 8 heteroatoms. The molecule has 1 heterocycles. The average Bonchev–Trinajstić information content (AvgIpc) is 2.57. The number of carbonyl (C=O) groups excluding carboxylic acids is 3. The molecule has 8 nitrogen and oxygen atoms in total. The van der Waals surface area contributed by atoms with E-state index in [-0.39, 0.29) is 5.91 Å². The Balaban J connectivity index is 2.03. The predicted molar refractivity (Wildman–Crippen MR) is 57.9 cm³/mol. The second-order valence-electron chi connectivity index (χ2n) is 3.43. The van der Waals surface area contributed by atoms with Crippen LogP contribution in [-0.4, -0.2) is 37.2 Å². The third-order valence-corrected chi connectivity index (χ3v) is 2.12. The Bertz CT molecular complexity index is 307. The molecular weight excluding hydrogens is 228 g/mol. The minimum atomic E-state index is -0.542. The van der Waals surface area contributed by atoms with E-state index in [1.165, 1.54) is 0 Å². The number of ether oxygens (including phenoxy) is 1. The van der Waals surface area contributed by atoms with Gasteiger partial charge in [-0.25, -0.2) is 15.0 Å². The smallest absolute Gasteiger partial charge is 0.421 e. The summed E-state index contributed by atoms with van der Waals surface area (Å²) < 4.78 is 4.62. The van der Waals surface area contributed by atoms with Gasteiger partial charge in [-0.2, -0.15) is 0 Å². The summed E-state index contributed by atoms with van der Waals surface area (Å²) in [5.74, 6) is -0.312. The topological polar surface area (TPSA) is 109 Å². The highest BCUT2D eigenvalue weighted by molar-refractivity contribution is 6.04. The number of amides is 4. The molecule has 1 rings (SSSR count). The van der Waals surface area contributed by atoms with Gasteiger partial charge in [0, 0.05) is 6.54 Å². The first-order valence-corrected chi connectivity index (χ1v) is 5.40. The van der Waals surface area contributed by atoms with Gasteiger partial charge in [0.05, 0.1) is 6.61 Å². The van der Waals surface area contributed by atoms with Crippen LogP contribution in [0.4, 0.5) is 9.59 Å². The van der Waals surface area contributed by atoms with Crippen molar-refractivity contribution in [3.05, 3.63) is 0 Å². The standard InChI is InChI=1S/C9H16N4O4/c1-2-17-9(16)13-10-5-3-4-6-7(14)12-8(15)11-6/h6,10H,2-5H2,1H3,(H,13,16)(H2,11,12,14,15). The number of rotatable bonds is 6. The molecule has 0 radical (unpaired) electrons. The molecule has 4 N–H and O–H groups in total. The molecule has 4 amide bonds. The first-order valence-electron chi connectivity index (χ1n) is 5.40. The summed E-state index contributed by atoms with van der Waals surface area (Å²) in [6, 6.07) is -0.940. The molecule has 0 bridgehead atoms. The van der Waals surface area contributed by atoms with Crippen molar-refractivity contribution in [2.75, 3.05) is 13.2 Å². The molecule has 1 aliphatic rings. The fraction of sp³-hybridized carbons (Fsp3) is 0.667. The van der Waals surface area contributed by atoms with Gasteiger partial charge < -0.3 is 10.1 Å². The van der Waals surface area contributed by atoms with Crippen molar-refractivity contribution < 1.29 is 19.1 Å². The van der Waals surface area contributed by atoms with E-state index in [1.54, 1.807) is 6.92 Å². The molecule has 1 saturated heterocycles. The summed E-state index contributed by atoms with van der Waals surface area (Å²) in [6.07, 6.45) is 0.597. The minimum Gasteiger partial charge on any atom is -0.449 e. The van der Waals surface area contributed by atoms with Gasteiger partial charge in [-0.15, -0.1) is 0 Å². The lowest BCUT2D eigenvalue weighted by Gasteiger charge is -2.08. The Morgan fingerprint density at radius 1 is 1.47 bits per heavy atom. The van der Waals surface area contributed by atoms with E-state index < -0.39 is 18.2 Å². The number of carbonyl (C=O) groups is 3. The number of hydrogen-bond donors (Lipinski definition) is 4. The maximum Gasteiger partial charge on any atom is 0.421 e. The van der Waals surface area contributed by atoms with Crippen LogP contribution in [0.2, 0.25) is 0 Å². The number of hydrogen-bond acceptors (Lipinski definition) is 5. The van der Waals surface area contributed by atoms with E-state index in [0.717, 1.165) is 0 Å². The quantitative estimate of drug-likeness (QED) is 0.278. The zero-order chi connectivity index (χ0) is 12.7. The van der Waals surface area contributed by atoms with Crippen LogP contribution >= 0.6 is 0 Å². The van der Waals surface area contributed by atoms with E-state index in [4.69, 9.17) is 0 Å². The van der Waals surface area contributed by atoms with E-state index in [2.05, 4.69) is 26.2 Å². The van der Waals surface area contributed by atoms with Gasteiger partial charge in [-0.05, 0) is 19.8 Å². The molecule has 1 unspecified atom stereocenters. The van der Waals surface area contributed by atoms with E-state index in [9.17, 15) is 14.4 Å². The van der Waals surface area contributed by atoms with Gasteiger partial charge in [-0.3, -0.25) is 15.5 Å². The van der Waals surface area contributed by atoms with Gasteiger partial charge in [-0.1, -0.05) is 0 Å². The molecule has 0 spiro atoms. The Labute approximate surface area is 98.4 Å². The van der Waals surface area contributed by atoms with Crippen LogP contribution in [-0.2, 0) is 9.53 Å². The zero-order valence-electron chi connectivity index (χ0n) is 9.54. The molecule has 1 fully saturated rings. The zero-order valence-corrected chi connectivity index (χ0v) is 9.54. The Morgan fingerprint density at radius 2 is 2.24 bits per heavy atom. The Morgan fingerprint density at radius 3 is 2.82 bits per heavy atom. The van der Waals surface area contributed by atoms with Crippen molar-refractivity contribution in [1.82, 2.24) is 21.5 Å². The summed E-state index contributed by atoms with van der Waals surface area (Å²) in [6.45, 7) is 2.50. The summed E-state index contributed by atoms with van der Waals surface area (Å²) >= 11 is 0. The lowest BCUT2D eigenvalue weighted by molar-refractivity contribution is -0.120. The number of imide groups is 1. The highest BCUT2D eigenvalue weighted by atomic mass is 16.5. The largest absolute Gasteiger partial charge is 0.449 e. The van der Waals surface area contributed by atoms with Crippen molar-refractivity contribution in [2.45, 2.75) is 25.8 Å². The molecular formula is C9H16N4O4. The van der Waals surface area contributed by atoms with Gasteiger partial charge in [0.25, 0.3) is 5.91 Å². The lowest BCUT2D eigenvalue weighted by Crippen LogP contribution is -2.39. The minimum absolute atomic E-state index is 0.307. The number of nitrogens with one attached hydrogen (secondary N) is 4. The molecule has 0 saturated carbocycles. The van der Waals surface area contributed by atoms with Crippen molar-refractivity contribution in [2.24, 2.45) is 0 Å². The summed E-state index contributed by atoms with van der Waals surface area (Å²) in [5, 5.41) is 4.63. The third-order valence-electron chi connectivity index (χ3n) is 2.12. The molecule has 0 aromatic rings. The van der Waals surface area contributed by atoms with Crippen LogP contribution < -0.4 is 21.5 Å². The monoisotopic (exact) mass is 244 g/mol. The molecule has 96 valence electrons. The van der Waals surface area contributed by atoms with Gasteiger partial charge in [0.15, 0.2) is 0 Å². The molecule has 0 aliphatic carbocycles. The average molecular weight is 244 g/mol. The second-order valence-corrected chi connectivity index (χ2v) is 3.43. The van der Waals surface area contributed by atoms with Crippen LogP contribution in [0.15, 0.2) is 0 Å². The highest BCUT2D eigenvalue weighted by Crippen LogP contribution is 2.01. The Kier molecular flexibility index (Phi) is 5.21. The van der Waals surface area contributed by atoms with E-state index >= 15 is 0 Å². The summed E-state index contributed by atoms with van der Waals surface area (Å²) in [5.41, 5.74) is 4.98. The number of hydrazine groups is 1. The number of urea groups is 1. The first kappa shape index (κ1) is 13.2. The Hall–Kier alpha value is -1.83. The van der Waals surface area contributed by atoms with Crippen LogP contribution in [0, 0.1) is 0 Å². The summed E-state index contributed by atoms with van der Waals surface area (Å²) in [7, 11) is 0. The second kappa shape index (κ2) is 6.69. The van der Waals surface area contributed by atoms with Crippen LogP contribution in [0.3, 0.4) is 0 Å². The molecule has 1 aliphatic heterocycles. The highest BCUT2D eigenvalue weighted by Gasteiger charge is 2.28. The predicted octanol–water partition coefficient (Wildman–Crippen LogP) is -0.775.